The van der Waals surface area contributed by atoms with Crippen molar-refractivity contribution in [3.8, 4) is 0 Å². The third-order valence-corrected chi connectivity index (χ3v) is 1.00. The first-order valence-corrected chi connectivity index (χ1v) is 3.25. The van der Waals surface area contributed by atoms with Crippen molar-refractivity contribution in [1.82, 2.24) is 0 Å². The molecule has 0 saturated carbocycles. The van der Waals surface area contributed by atoms with E-state index < -0.39 is 18.1 Å². The fourth-order valence-electron chi connectivity index (χ4n) is 0.285. The van der Waals surface area contributed by atoms with Crippen molar-refractivity contribution in [1.29, 1.82) is 0 Å². The van der Waals surface area contributed by atoms with Crippen LogP contribution in [-0.2, 0) is 4.79 Å². The first kappa shape index (κ1) is 17.9. The van der Waals surface area contributed by atoms with E-state index in [1.165, 1.54) is 0 Å². The number of hydrogen-bond acceptors (Lipinski definition) is 3. The molecule has 7 heteroatoms. The zero-order valence-electron chi connectivity index (χ0n) is 7.43. The zero-order valence-corrected chi connectivity index (χ0v) is 8.25. The molecule has 0 aliphatic rings. The van der Waals surface area contributed by atoms with Gasteiger partial charge in [-0.1, -0.05) is 13.8 Å². The maximum absolute atomic E-state index is 10.0. The lowest BCUT2D eigenvalue weighted by molar-refractivity contribution is -0.139. The van der Waals surface area contributed by atoms with Crippen molar-refractivity contribution < 1.29 is 19.8 Å². The molecule has 80 valence electrons. The number of carboxylic acid groups (broad SMARTS) is 2. The molecule has 0 aromatic carbocycles. The van der Waals surface area contributed by atoms with Crippen molar-refractivity contribution in [3.63, 3.8) is 0 Å². The Bertz CT molecular complexity index is 159. The summed E-state index contributed by atoms with van der Waals surface area (Å²) in [5.74, 6) is -0.910. The smallest absolute Gasteiger partial charge is 0.402 e. The largest absolute Gasteiger partial charge is 0.480 e. The molecule has 0 bridgehead atoms. The van der Waals surface area contributed by atoms with Crippen LogP contribution in [0.5, 0.6) is 0 Å². The molecule has 0 spiro atoms. The van der Waals surface area contributed by atoms with Crippen molar-refractivity contribution in [2.45, 2.75) is 19.9 Å². The second kappa shape index (κ2) is 9.08. The molecule has 0 saturated heterocycles. The Morgan fingerprint density at radius 1 is 1.23 bits per heavy atom. The van der Waals surface area contributed by atoms with Gasteiger partial charge in [-0.15, -0.1) is 12.4 Å². The maximum Gasteiger partial charge on any atom is 0.402 e. The lowest BCUT2D eigenvalue weighted by Gasteiger charge is -2.07. The van der Waals surface area contributed by atoms with Crippen LogP contribution in [0.1, 0.15) is 13.8 Å². The van der Waals surface area contributed by atoms with Gasteiger partial charge in [0.25, 0.3) is 0 Å². The molecule has 13 heavy (non-hydrogen) atoms. The van der Waals surface area contributed by atoms with Crippen LogP contribution < -0.4 is 11.5 Å². The van der Waals surface area contributed by atoms with Gasteiger partial charge in [-0.25, -0.2) is 4.79 Å². The van der Waals surface area contributed by atoms with Crippen LogP contribution in [0.3, 0.4) is 0 Å². The standard InChI is InChI=1S/C5H11NO2.CH3NO2.ClH/c1-3(2)4(6)5(7)8;2-1(3)4;/h3-4H,6H2,1-2H3,(H,7,8);2H2,(H,3,4);1H. The molecule has 6 N–H and O–H groups in total. The number of hydrogen-bond donors (Lipinski definition) is 4. The van der Waals surface area contributed by atoms with Crippen LogP contribution >= 0.6 is 12.4 Å². The van der Waals surface area contributed by atoms with Gasteiger partial charge < -0.3 is 21.7 Å². The number of aliphatic carboxylic acids is 1. The SMILES string of the molecule is CC(C)C(N)C(=O)O.Cl.NC(=O)O. The Kier molecular flexibility index (Phi) is 12.5. The third kappa shape index (κ3) is 18.2. The highest BCUT2D eigenvalue weighted by atomic mass is 35.5. The number of halogens is 1. The molecule has 0 fully saturated rings. The molecule has 0 heterocycles. The average Bonchev–Trinajstić information content (AvgIpc) is 1.84. The van der Waals surface area contributed by atoms with Gasteiger partial charge in [-0.05, 0) is 5.92 Å². The van der Waals surface area contributed by atoms with Crippen LogP contribution in [-0.4, -0.2) is 28.3 Å². The summed E-state index contributed by atoms with van der Waals surface area (Å²) in [6.07, 6.45) is -1.33. The Morgan fingerprint density at radius 2 is 1.46 bits per heavy atom. The van der Waals surface area contributed by atoms with E-state index in [9.17, 15) is 4.79 Å². The van der Waals surface area contributed by atoms with E-state index in [1.54, 1.807) is 13.8 Å². The molecular weight excluding hydrogens is 200 g/mol. The van der Waals surface area contributed by atoms with Crippen molar-refractivity contribution in [2.24, 2.45) is 17.4 Å². The number of primary amides is 1. The van der Waals surface area contributed by atoms with Crippen molar-refractivity contribution in [2.75, 3.05) is 0 Å². The normalized spacial score (nSPS) is 10.5. The van der Waals surface area contributed by atoms with E-state index in [0.717, 1.165) is 0 Å². The quantitative estimate of drug-likeness (QED) is 0.519. The Labute approximate surface area is 82.3 Å². The highest BCUT2D eigenvalue weighted by Gasteiger charge is 2.14. The van der Waals surface area contributed by atoms with Gasteiger partial charge in [-0.2, -0.15) is 0 Å². The lowest BCUT2D eigenvalue weighted by atomic mass is 10.1. The highest BCUT2D eigenvalue weighted by molar-refractivity contribution is 5.85. The molecule has 0 aromatic rings. The van der Waals surface area contributed by atoms with Gasteiger partial charge in [0.2, 0.25) is 0 Å². The summed E-state index contributed by atoms with van der Waals surface area (Å²) in [5, 5.41) is 15.4. The zero-order chi connectivity index (χ0) is 10.3. The summed E-state index contributed by atoms with van der Waals surface area (Å²) < 4.78 is 0. The molecule has 6 nitrogen and oxygen atoms in total. The van der Waals surface area contributed by atoms with Gasteiger partial charge in [-0.3, -0.25) is 4.79 Å². The topological polar surface area (TPSA) is 127 Å². The van der Waals surface area contributed by atoms with Crippen LogP contribution in [0.2, 0.25) is 0 Å². The molecule has 0 aliphatic heterocycles. The minimum atomic E-state index is -1.33. The molecule has 0 radical (unpaired) electrons. The van der Waals surface area contributed by atoms with E-state index in [-0.39, 0.29) is 18.3 Å². The lowest BCUT2D eigenvalue weighted by Crippen LogP contribution is -2.34. The highest BCUT2D eigenvalue weighted by Crippen LogP contribution is 1.96. The van der Waals surface area contributed by atoms with E-state index in [0.29, 0.717) is 0 Å². The summed E-state index contributed by atoms with van der Waals surface area (Å²) in [4.78, 5) is 18.8. The summed E-state index contributed by atoms with van der Waals surface area (Å²) in [6.45, 7) is 3.55. The molecular formula is C6H15ClN2O4. The van der Waals surface area contributed by atoms with E-state index in [1.807, 2.05) is 0 Å². The van der Waals surface area contributed by atoms with Crippen molar-refractivity contribution in [3.05, 3.63) is 0 Å². The summed E-state index contributed by atoms with van der Waals surface area (Å²) >= 11 is 0. The van der Waals surface area contributed by atoms with Crippen LogP contribution in [0.4, 0.5) is 4.79 Å². The predicted molar refractivity (Wildman–Crippen MR) is 49.9 cm³/mol. The van der Waals surface area contributed by atoms with E-state index >= 15 is 0 Å². The minimum absolute atomic E-state index is 0. The number of amides is 1. The fraction of sp³-hybridized carbons (Fsp3) is 0.667. The van der Waals surface area contributed by atoms with Crippen LogP contribution in [0.25, 0.3) is 0 Å². The number of carboxylic acids is 1. The number of rotatable bonds is 2. The van der Waals surface area contributed by atoms with E-state index in [2.05, 4.69) is 5.73 Å². The molecule has 0 rings (SSSR count). The first-order valence-electron chi connectivity index (χ1n) is 3.25. The monoisotopic (exact) mass is 214 g/mol. The summed E-state index contributed by atoms with van der Waals surface area (Å²) in [6, 6.07) is -0.713. The Balaban J connectivity index is -0.000000173. The molecule has 1 unspecified atom stereocenters. The Morgan fingerprint density at radius 3 is 1.46 bits per heavy atom. The second-order valence-corrected chi connectivity index (χ2v) is 2.45. The summed E-state index contributed by atoms with van der Waals surface area (Å²) in [5.41, 5.74) is 9.19. The first-order chi connectivity index (χ1) is 5.29. The van der Waals surface area contributed by atoms with Gasteiger partial charge in [0.15, 0.2) is 0 Å². The predicted octanol–water partition coefficient (Wildman–Crippen LogP) is 0.0992. The van der Waals surface area contributed by atoms with Gasteiger partial charge in [0.1, 0.15) is 6.04 Å². The van der Waals surface area contributed by atoms with E-state index in [4.69, 9.17) is 20.7 Å². The fourth-order valence-corrected chi connectivity index (χ4v) is 0.285. The maximum atomic E-state index is 10.0. The van der Waals surface area contributed by atoms with Gasteiger partial charge >= 0.3 is 12.1 Å². The molecule has 0 aliphatic carbocycles. The molecule has 0 aromatic heterocycles. The van der Waals surface area contributed by atoms with Crippen molar-refractivity contribution >= 4 is 24.5 Å². The number of carbonyl (C=O) groups is 2. The Hall–Kier alpha value is -1.01. The summed E-state index contributed by atoms with van der Waals surface area (Å²) in [7, 11) is 0. The van der Waals surface area contributed by atoms with Crippen LogP contribution in [0.15, 0.2) is 0 Å². The minimum Gasteiger partial charge on any atom is -0.480 e. The van der Waals surface area contributed by atoms with Gasteiger partial charge in [0, 0.05) is 0 Å². The second-order valence-electron chi connectivity index (χ2n) is 2.45. The third-order valence-electron chi connectivity index (χ3n) is 1.00. The average molecular weight is 215 g/mol. The van der Waals surface area contributed by atoms with Gasteiger partial charge in [0.05, 0.1) is 0 Å². The number of nitrogens with two attached hydrogens (primary N) is 2. The molecule has 1 amide bonds. The van der Waals surface area contributed by atoms with Crippen LogP contribution in [0, 0.1) is 5.92 Å². The molecule has 1 atom stereocenters.